The third-order valence-corrected chi connectivity index (χ3v) is 4.21. The number of esters is 2. The van der Waals surface area contributed by atoms with Crippen LogP contribution in [0.25, 0.3) is 0 Å². The van der Waals surface area contributed by atoms with E-state index in [4.69, 9.17) is 9.47 Å². The van der Waals surface area contributed by atoms with Gasteiger partial charge in [-0.2, -0.15) is 0 Å². The summed E-state index contributed by atoms with van der Waals surface area (Å²) in [5, 5.41) is 12.1. The van der Waals surface area contributed by atoms with Crippen LogP contribution in [-0.2, 0) is 19.1 Å². The molecule has 2 N–H and O–H groups in total. The Hall–Kier alpha value is -4.53. The Bertz CT molecular complexity index is 1090. The Morgan fingerprint density at radius 3 is 1.66 bits per heavy atom. The summed E-state index contributed by atoms with van der Waals surface area (Å²) < 4.78 is 10.3. The molecule has 3 aromatic rings. The number of benzene rings is 2. The van der Waals surface area contributed by atoms with Crippen LogP contribution in [0.1, 0.15) is 20.7 Å². The van der Waals surface area contributed by atoms with E-state index in [2.05, 4.69) is 10.3 Å². The molecule has 3 rings (SSSR count). The van der Waals surface area contributed by atoms with E-state index in [0.717, 1.165) is 0 Å². The summed E-state index contributed by atoms with van der Waals surface area (Å²) in [4.78, 5) is 53.6. The van der Waals surface area contributed by atoms with Crippen LogP contribution in [0.15, 0.2) is 85.2 Å². The number of ether oxygens (including phenoxy) is 2. The summed E-state index contributed by atoms with van der Waals surface area (Å²) in [6.45, 7) is 0. The number of nitrogens with zero attached hydrogens (tertiary/aromatic N) is 1. The van der Waals surface area contributed by atoms with E-state index in [9.17, 15) is 24.3 Å². The molecule has 0 bridgehead atoms. The fraction of sp³-hybridized carbons (Fsp3) is 0.0870. The predicted octanol–water partition coefficient (Wildman–Crippen LogP) is 2.56. The van der Waals surface area contributed by atoms with Gasteiger partial charge in [0.15, 0.2) is 0 Å². The van der Waals surface area contributed by atoms with Crippen molar-refractivity contribution >= 4 is 29.5 Å². The van der Waals surface area contributed by atoms with Crippen molar-refractivity contribution in [3.05, 3.63) is 96.3 Å². The maximum Gasteiger partial charge on any atom is 0.349 e. The molecule has 1 amide bonds. The molecule has 2 atom stereocenters. The Morgan fingerprint density at radius 1 is 0.719 bits per heavy atom. The van der Waals surface area contributed by atoms with Crippen LogP contribution in [0, 0.1) is 0 Å². The van der Waals surface area contributed by atoms with Crippen molar-refractivity contribution in [1.82, 2.24) is 4.98 Å². The van der Waals surface area contributed by atoms with E-state index in [-0.39, 0.29) is 16.8 Å². The van der Waals surface area contributed by atoms with Crippen LogP contribution in [0.2, 0.25) is 0 Å². The number of amides is 1. The summed E-state index contributed by atoms with van der Waals surface area (Å²) in [5.74, 6) is -4.60. The van der Waals surface area contributed by atoms with Crippen molar-refractivity contribution in [2.45, 2.75) is 12.2 Å². The maximum atomic E-state index is 12.9. The Kier molecular flexibility index (Phi) is 7.26. The number of aliphatic carboxylic acids is 1. The highest BCUT2D eigenvalue weighted by molar-refractivity contribution is 6.01. The van der Waals surface area contributed by atoms with Crippen molar-refractivity contribution in [1.29, 1.82) is 0 Å². The van der Waals surface area contributed by atoms with Crippen LogP contribution in [0.4, 0.5) is 5.69 Å². The van der Waals surface area contributed by atoms with Gasteiger partial charge in [0.25, 0.3) is 5.91 Å². The van der Waals surface area contributed by atoms with Crippen molar-refractivity contribution < 1.29 is 33.8 Å². The fourth-order valence-electron chi connectivity index (χ4n) is 2.66. The quantitative estimate of drug-likeness (QED) is 0.517. The molecule has 32 heavy (non-hydrogen) atoms. The number of carbonyl (C=O) groups is 4. The molecule has 0 spiro atoms. The number of aromatic nitrogens is 1. The highest BCUT2D eigenvalue weighted by Gasteiger charge is 2.41. The molecule has 0 aliphatic carbocycles. The molecule has 0 fully saturated rings. The number of hydrogen-bond donors (Lipinski definition) is 2. The first-order valence-electron chi connectivity index (χ1n) is 9.41. The Labute approximate surface area is 182 Å². The number of pyridine rings is 1. The third kappa shape index (κ3) is 5.76. The number of nitrogens with one attached hydrogen (secondary N) is 1. The number of carboxylic acids is 1. The maximum absolute atomic E-state index is 12.9. The van der Waals surface area contributed by atoms with Crippen molar-refractivity contribution in [3.8, 4) is 0 Å². The fourth-order valence-corrected chi connectivity index (χ4v) is 2.66. The first-order valence-corrected chi connectivity index (χ1v) is 9.41. The first-order chi connectivity index (χ1) is 15.5. The lowest BCUT2D eigenvalue weighted by atomic mass is 10.1. The summed E-state index contributed by atoms with van der Waals surface area (Å²) in [6, 6.07) is 18.2. The van der Waals surface area contributed by atoms with Crippen LogP contribution < -0.4 is 5.32 Å². The average molecular weight is 434 g/mol. The van der Waals surface area contributed by atoms with Gasteiger partial charge < -0.3 is 19.9 Å². The summed E-state index contributed by atoms with van der Waals surface area (Å²) in [5.41, 5.74) is 0.443. The molecule has 1 heterocycles. The summed E-state index contributed by atoms with van der Waals surface area (Å²) in [6.07, 6.45) is -1.26. The van der Waals surface area contributed by atoms with Gasteiger partial charge in [0.2, 0.25) is 12.2 Å². The number of hydrogen-bond acceptors (Lipinski definition) is 7. The van der Waals surface area contributed by atoms with Gasteiger partial charge >= 0.3 is 17.9 Å². The molecule has 0 saturated heterocycles. The molecule has 2 aromatic carbocycles. The number of anilines is 1. The van der Waals surface area contributed by atoms with Crippen LogP contribution in [0.3, 0.4) is 0 Å². The number of carbonyl (C=O) groups excluding carboxylic acids is 3. The molecule has 9 nitrogen and oxygen atoms in total. The highest BCUT2D eigenvalue weighted by atomic mass is 16.6. The lowest BCUT2D eigenvalue weighted by Crippen LogP contribution is -2.48. The summed E-state index contributed by atoms with van der Waals surface area (Å²) in [7, 11) is 0. The van der Waals surface area contributed by atoms with E-state index in [1.165, 1.54) is 48.8 Å². The zero-order valence-electron chi connectivity index (χ0n) is 16.6. The molecule has 162 valence electrons. The molecule has 0 saturated carbocycles. The highest BCUT2D eigenvalue weighted by Crippen LogP contribution is 2.15. The smallest absolute Gasteiger partial charge is 0.349 e. The van der Waals surface area contributed by atoms with Crippen molar-refractivity contribution in [2.75, 3.05) is 5.32 Å². The lowest BCUT2D eigenvalue weighted by molar-refractivity contribution is -0.157. The van der Waals surface area contributed by atoms with Crippen LogP contribution in [-0.4, -0.2) is 46.1 Å². The van der Waals surface area contributed by atoms with Gasteiger partial charge in [-0.3, -0.25) is 9.78 Å². The van der Waals surface area contributed by atoms with Gasteiger partial charge in [-0.05, 0) is 36.4 Å². The number of rotatable bonds is 8. The zero-order chi connectivity index (χ0) is 22.9. The van der Waals surface area contributed by atoms with Gasteiger partial charge in [-0.1, -0.05) is 36.4 Å². The molecule has 1 aromatic heterocycles. The Morgan fingerprint density at radius 2 is 1.19 bits per heavy atom. The average Bonchev–Trinajstić information content (AvgIpc) is 2.82. The second kappa shape index (κ2) is 10.5. The van der Waals surface area contributed by atoms with Gasteiger partial charge in [0, 0.05) is 18.1 Å². The third-order valence-electron chi connectivity index (χ3n) is 4.21. The largest absolute Gasteiger partial charge is 0.478 e. The molecule has 0 aliphatic rings. The normalized spacial score (nSPS) is 12.1. The standard InChI is InChI=1S/C23H18N2O7/c26-20(25-17-11-13-24-14-12-17)18(31-22(29)15-7-3-1-4-8-15)19(21(27)28)32-23(30)16-9-5-2-6-10-16/h1-14,18-19H,(H,27,28)(H,24,25,26)/t18-,19+/m1/s1. The van der Waals surface area contributed by atoms with E-state index < -0.39 is 36.0 Å². The minimum absolute atomic E-state index is 0.0708. The lowest BCUT2D eigenvalue weighted by Gasteiger charge is -2.23. The van der Waals surface area contributed by atoms with Gasteiger partial charge in [-0.25, -0.2) is 14.4 Å². The molecule has 0 aliphatic heterocycles. The van der Waals surface area contributed by atoms with Crippen molar-refractivity contribution in [2.24, 2.45) is 0 Å². The van der Waals surface area contributed by atoms with E-state index in [1.54, 1.807) is 36.4 Å². The topological polar surface area (TPSA) is 132 Å². The minimum atomic E-state index is -2.10. The van der Waals surface area contributed by atoms with E-state index >= 15 is 0 Å². The SMILES string of the molecule is O=C(O[C@H](C(=O)O)[C@@H](OC(=O)c1ccccc1)C(=O)Nc1ccncc1)c1ccccc1. The predicted molar refractivity (Wildman–Crippen MR) is 112 cm³/mol. The molecular formula is C23H18N2O7. The van der Waals surface area contributed by atoms with Gasteiger partial charge in [-0.15, -0.1) is 0 Å². The van der Waals surface area contributed by atoms with Crippen molar-refractivity contribution in [3.63, 3.8) is 0 Å². The Balaban J connectivity index is 1.88. The van der Waals surface area contributed by atoms with Crippen LogP contribution >= 0.6 is 0 Å². The zero-order valence-corrected chi connectivity index (χ0v) is 16.6. The minimum Gasteiger partial charge on any atom is -0.478 e. The van der Waals surface area contributed by atoms with Gasteiger partial charge in [0.05, 0.1) is 11.1 Å². The second-order valence-electron chi connectivity index (χ2n) is 6.45. The first kappa shape index (κ1) is 22.2. The van der Waals surface area contributed by atoms with Gasteiger partial charge in [0.1, 0.15) is 0 Å². The molecule has 0 unspecified atom stereocenters. The molecular weight excluding hydrogens is 416 g/mol. The van der Waals surface area contributed by atoms with E-state index in [1.807, 2.05) is 0 Å². The molecule has 0 radical (unpaired) electrons. The number of carboxylic acid groups (broad SMARTS) is 1. The van der Waals surface area contributed by atoms with Crippen LogP contribution in [0.5, 0.6) is 0 Å². The molecule has 9 heteroatoms. The summed E-state index contributed by atoms with van der Waals surface area (Å²) >= 11 is 0. The monoisotopic (exact) mass is 434 g/mol. The van der Waals surface area contributed by atoms with E-state index in [0.29, 0.717) is 0 Å². The second-order valence-corrected chi connectivity index (χ2v) is 6.45.